The molecule has 0 aliphatic carbocycles. The smallest absolute Gasteiger partial charge is 0.303 e. The van der Waals surface area contributed by atoms with E-state index in [-0.39, 0.29) is 24.2 Å². The van der Waals surface area contributed by atoms with Crippen LogP contribution in [0.1, 0.15) is 19.8 Å². The van der Waals surface area contributed by atoms with Crippen LogP contribution in [0.4, 0.5) is 0 Å². The van der Waals surface area contributed by atoms with Gasteiger partial charge < -0.3 is 15.3 Å². The summed E-state index contributed by atoms with van der Waals surface area (Å²) in [4.78, 5) is 24.6. The van der Waals surface area contributed by atoms with E-state index in [1.165, 1.54) is 0 Å². The van der Waals surface area contributed by atoms with Crippen LogP contribution in [0.15, 0.2) is 0 Å². The highest BCUT2D eigenvalue weighted by molar-refractivity contribution is 5.79. The molecule has 2 aliphatic heterocycles. The van der Waals surface area contributed by atoms with Gasteiger partial charge in [-0.2, -0.15) is 0 Å². The lowest BCUT2D eigenvalue weighted by molar-refractivity contribution is -0.139. The molecule has 2 heterocycles. The Hall–Kier alpha value is -1.10. The van der Waals surface area contributed by atoms with Crippen LogP contribution in [0.3, 0.4) is 0 Å². The van der Waals surface area contributed by atoms with Crippen LogP contribution in [0.25, 0.3) is 0 Å². The lowest BCUT2D eigenvalue weighted by Gasteiger charge is -2.33. The van der Waals surface area contributed by atoms with Gasteiger partial charge in [-0.15, -0.1) is 0 Å². The fraction of sp³-hybridized carbons (Fsp3) is 0.833. The number of amides is 1. The summed E-state index contributed by atoms with van der Waals surface area (Å²) in [5.74, 6) is 0.106. The molecule has 0 aromatic rings. The minimum atomic E-state index is -0.763. The summed E-state index contributed by atoms with van der Waals surface area (Å²) in [5.41, 5.74) is 0. The van der Waals surface area contributed by atoms with Crippen molar-refractivity contribution in [3.63, 3.8) is 0 Å². The molecule has 0 aromatic heterocycles. The van der Waals surface area contributed by atoms with Crippen LogP contribution in [0, 0.1) is 17.8 Å². The van der Waals surface area contributed by atoms with Gasteiger partial charge in [0, 0.05) is 25.4 Å². The molecule has 1 amide bonds. The topological polar surface area (TPSA) is 69.6 Å². The minimum absolute atomic E-state index is 0.0693. The Morgan fingerprint density at radius 1 is 1.47 bits per heavy atom. The van der Waals surface area contributed by atoms with Crippen LogP contribution in [0.2, 0.25) is 0 Å². The fourth-order valence-corrected chi connectivity index (χ4v) is 2.60. The number of carbonyl (C=O) groups is 2. The van der Waals surface area contributed by atoms with E-state index in [0.717, 1.165) is 26.1 Å². The van der Waals surface area contributed by atoms with Gasteiger partial charge in [0.1, 0.15) is 0 Å². The predicted molar refractivity (Wildman–Crippen MR) is 62.5 cm³/mol. The molecule has 17 heavy (non-hydrogen) atoms. The van der Waals surface area contributed by atoms with Crippen molar-refractivity contribution in [2.24, 2.45) is 17.8 Å². The Morgan fingerprint density at radius 2 is 2.18 bits per heavy atom. The first-order chi connectivity index (χ1) is 8.08. The number of carboxylic acid groups (broad SMARTS) is 1. The molecule has 2 aliphatic rings. The number of likely N-dealkylation sites (tertiary alicyclic amines) is 1. The molecule has 0 aromatic carbocycles. The lowest BCUT2D eigenvalue weighted by atomic mass is 9.88. The fourth-order valence-electron chi connectivity index (χ4n) is 2.60. The van der Waals surface area contributed by atoms with Crippen LogP contribution in [0.5, 0.6) is 0 Å². The van der Waals surface area contributed by atoms with Crippen molar-refractivity contribution in [3.05, 3.63) is 0 Å². The summed E-state index contributed by atoms with van der Waals surface area (Å²) in [6, 6.07) is 0. The van der Waals surface area contributed by atoms with Gasteiger partial charge in [0.15, 0.2) is 0 Å². The molecule has 2 fully saturated rings. The van der Waals surface area contributed by atoms with E-state index < -0.39 is 5.97 Å². The summed E-state index contributed by atoms with van der Waals surface area (Å²) >= 11 is 0. The standard InChI is InChI=1S/C12H20N2O3/c1-8(10-5-13-6-10)12(17)14-3-2-9(7-14)4-11(15)16/h8-10,13H,2-7H2,1H3,(H,15,16). The zero-order valence-corrected chi connectivity index (χ0v) is 10.2. The van der Waals surface area contributed by atoms with Gasteiger partial charge in [0.2, 0.25) is 5.91 Å². The van der Waals surface area contributed by atoms with Gasteiger partial charge in [-0.1, -0.05) is 6.92 Å². The first-order valence-corrected chi connectivity index (χ1v) is 6.29. The highest BCUT2D eigenvalue weighted by Gasteiger charge is 2.35. The van der Waals surface area contributed by atoms with Crippen molar-refractivity contribution in [1.29, 1.82) is 0 Å². The number of hydrogen-bond donors (Lipinski definition) is 2. The Balaban J connectivity index is 1.82. The van der Waals surface area contributed by atoms with Gasteiger partial charge >= 0.3 is 5.97 Å². The van der Waals surface area contributed by atoms with Crippen molar-refractivity contribution in [3.8, 4) is 0 Å². The minimum Gasteiger partial charge on any atom is -0.481 e. The van der Waals surface area contributed by atoms with E-state index in [4.69, 9.17) is 5.11 Å². The highest BCUT2D eigenvalue weighted by atomic mass is 16.4. The largest absolute Gasteiger partial charge is 0.481 e. The lowest BCUT2D eigenvalue weighted by Crippen LogP contribution is -2.50. The highest BCUT2D eigenvalue weighted by Crippen LogP contribution is 2.24. The number of nitrogens with one attached hydrogen (secondary N) is 1. The second-order valence-electron chi connectivity index (χ2n) is 5.24. The third-order valence-corrected chi connectivity index (χ3v) is 3.97. The number of aliphatic carboxylic acids is 1. The molecule has 2 unspecified atom stereocenters. The third-order valence-electron chi connectivity index (χ3n) is 3.97. The zero-order valence-electron chi connectivity index (χ0n) is 10.2. The van der Waals surface area contributed by atoms with E-state index in [0.29, 0.717) is 12.5 Å². The molecule has 0 radical (unpaired) electrons. The summed E-state index contributed by atoms with van der Waals surface area (Å²) in [6.45, 7) is 5.19. The molecular weight excluding hydrogens is 220 g/mol. The van der Waals surface area contributed by atoms with Crippen LogP contribution >= 0.6 is 0 Å². The van der Waals surface area contributed by atoms with Crippen molar-refractivity contribution in [1.82, 2.24) is 10.2 Å². The molecule has 0 saturated carbocycles. The quantitative estimate of drug-likeness (QED) is 0.734. The maximum atomic E-state index is 12.2. The first-order valence-electron chi connectivity index (χ1n) is 6.29. The number of rotatable bonds is 4. The molecule has 0 spiro atoms. The maximum Gasteiger partial charge on any atom is 0.303 e. The van der Waals surface area contributed by atoms with Gasteiger partial charge in [0.05, 0.1) is 0 Å². The van der Waals surface area contributed by atoms with Crippen LogP contribution < -0.4 is 5.32 Å². The van der Waals surface area contributed by atoms with Gasteiger partial charge in [-0.25, -0.2) is 0 Å². The Kier molecular flexibility index (Phi) is 3.66. The molecule has 2 N–H and O–H groups in total. The second kappa shape index (κ2) is 5.04. The molecule has 5 heteroatoms. The van der Waals surface area contributed by atoms with E-state index in [1.54, 1.807) is 0 Å². The van der Waals surface area contributed by atoms with Crippen molar-refractivity contribution in [2.75, 3.05) is 26.2 Å². The van der Waals surface area contributed by atoms with Crippen LogP contribution in [-0.2, 0) is 9.59 Å². The zero-order chi connectivity index (χ0) is 12.4. The molecule has 96 valence electrons. The van der Waals surface area contributed by atoms with Gasteiger partial charge in [0.25, 0.3) is 0 Å². The number of carboxylic acids is 1. The average Bonchev–Trinajstić information content (AvgIpc) is 2.61. The van der Waals surface area contributed by atoms with E-state index in [1.807, 2.05) is 11.8 Å². The maximum absolute atomic E-state index is 12.2. The monoisotopic (exact) mass is 240 g/mol. The molecule has 2 rings (SSSR count). The molecule has 5 nitrogen and oxygen atoms in total. The van der Waals surface area contributed by atoms with Gasteiger partial charge in [-0.05, 0) is 31.3 Å². The normalized spacial score (nSPS) is 26.6. The average molecular weight is 240 g/mol. The molecular formula is C12H20N2O3. The number of carbonyl (C=O) groups excluding carboxylic acids is 1. The summed E-state index contributed by atoms with van der Waals surface area (Å²) in [6.07, 6.45) is 1.01. The first kappa shape index (κ1) is 12.4. The molecule has 0 bridgehead atoms. The third kappa shape index (κ3) is 2.77. The number of nitrogens with zero attached hydrogens (tertiary/aromatic N) is 1. The second-order valence-corrected chi connectivity index (χ2v) is 5.24. The molecule has 2 atom stereocenters. The van der Waals surface area contributed by atoms with Crippen molar-refractivity contribution in [2.45, 2.75) is 19.8 Å². The summed E-state index contributed by atoms with van der Waals surface area (Å²) in [5, 5.41) is 11.9. The van der Waals surface area contributed by atoms with Crippen molar-refractivity contribution >= 4 is 11.9 Å². The Bertz CT molecular complexity index is 315. The summed E-state index contributed by atoms with van der Waals surface area (Å²) < 4.78 is 0. The predicted octanol–water partition coefficient (Wildman–Crippen LogP) is 0.165. The Labute approximate surface area is 101 Å². The van der Waals surface area contributed by atoms with E-state index in [9.17, 15) is 9.59 Å². The number of hydrogen-bond acceptors (Lipinski definition) is 3. The van der Waals surface area contributed by atoms with Crippen molar-refractivity contribution < 1.29 is 14.7 Å². The summed E-state index contributed by atoms with van der Waals surface area (Å²) in [7, 11) is 0. The van der Waals surface area contributed by atoms with E-state index >= 15 is 0 Å². The Morgan fingerprint density at radius 3 is 2.71 bits per heavy atom. The van der Waals surface area contributed by atoms with Gasteiger partial charge in [-0.3, -0.25) is 9.59 Å². The SMILES string of the molecule is CC(C(=O)N1CCC(CC(=O)O)C1)C1CNC1. The molecule has 2 saturated heterocycles. The van der Waals surface area contributed by atoms with Crippen LogP contribution in [-0.4, -0.2) is 48.1 Å². The van der Waals surface area contributed by atoms with E-state index in [2.05, 4.69) is 5.32 Å².